The fraction of sp³-hybridized carbons (Fsp3) is 0.552. The number of carbonyl (C=O) groups is 5. The van der Waals surface area contributed by atoms with Gasteiger partial charge < -0.3 is 38.4 Å². The van der Waals surface area contributed by atoms with Crippen molar-refractivity contribution in [3.05, 3.63) is 35.1 Å². The number of likely N-dealkylation sites (N-methyl/N-ethyl adjacent to an activating group) is 1. The van der Waals surface area contributed by atoms with E-state index in [0.717, 1.165) is 25.0 Å². The third-order valence-corrected chi connectivity index (χ3v) is 8.76. The van der Waals surface area contributed by atoms with Gasteiger partial charge in [-0.3, -0.25) is 9.59 Å². The van der Waals surface area contributed by atoms with Crippen molar-refractivity contribution in [1.29, 1.82) is 0 Å². The van der Waals surface area contributed by atoms with Crippen LogP contribution in [0.2, 0.25) is 0 Å². The first-order valence-electron chi connectivity index (χ1n) is 13.9. The molecule has 4 aliphatic rings. The largest absolute Gasteiger partial charge is 0.493 e. The highest BCUT2D eigenvalue weighted by Crippen LogP contribution is 2.65. The lowest BCUT2D eigenvalue weighted by Gasteiger charge is -2.61. The van der Waals surface area contributed by atoms with Crippen molar-refractivity contribution in [2.75, 3.05) is 20.7 Å². The van der Waals surface area contributed by atoms with E-state index in [1.807, 2.05) is 13.1 Å². The summed E-state index contributed by atoms with van der Waals surface area (Å²) in [5.41, 5.74) is -0.469. The van der Waals surface area contributed by atoms with Crippen molar-refractivity contribution < 1.29 is 70.7 Å². The summed E-state index contributed by atoms with van der Waals surface area (Å²) in [4.78, 5) is 62.1. The number of hydrogen-bond donors (Lipinski definition) is 1. The molecule has 2 aliphatic heterocycles. The lowest BCUT2D eigenvalue weighted by molar-refractivity contribution is -0.206. The highest BCUT2D eigenvalue weighted by atomic mass is 19.4. The molecule has 13 nitrogen and oxygen atoms in total. The summed E-state index contributed by atoms with van der Waals surface area (Å²) in [7, 11) is 3.42. The number of halogens is 3. The highest BCUT2D eigenvalue weighted by Gasteiger charge is 2.72. The molecule has 0 amide bonds. The number of piperidine rings is 1. The number of benzene rings is 1. The molecular formula is C29H30F3NO12. The molecule has 2 heterocycles. The Hall–Kier alpha value is -4.18. The zero-order valence-corrected chi connectivity index (χ0v) is 24.6. The van der Waals surface area contributed by atoms with Gasteiger partial charge in [-0.1, -0.05) is 6.07 Å². The Bertz CT molecular complexity index is 1490. The fourth-order valence-corrected chi connectivity index (χ4v) is 6.82. The predicted octanol–water partition coefficient (Wildman–Crippen LogP) is 1.40. The van der Waals surface area contributed by atoms with Crippen LogP contribution in [0.5, 0.6) is 11.5 Å². The van der Waals surface area contributed by atoms with E-state index < -0.39 is 71.8 Å². The summed E-state index contributed by atoms with van der Waals surface area (Å²) in [6.07, 6.45) is -8.79. The van der Waals surface area contributed by atoms with Crippen LogP contribution in [0.1, 0.15) is 44.2 Å². The second kappa shape index (κ2) is 11.3. The molecule has 0 unspecified atom stereocenters. The molecule has 0 radical (unpaired) electrons. The summed E-state index contributed by atoms with van der Waals surface area (Å²) < 4.78 is 68.2. The predicted molar refractivity (Wildman–Crippen MR) is 140 cm³/mol. The number of aliphatic hydroxyl groups is 1. The van der Waals surface area contributed by atoms with Crippen molar-refractivity contribution in [2.45, 2.75) is 81.1 Å². The Morgan fingerprint density at radius 3 is 2.51 bits per heavy atom. The van der Waals surface area contributed by atoms with Gasteiger partial charge in [-0.2, -0.15) is 13.2 Å². The second-order valence-corrected chi connectivity index (χ2v) is 11.3. The minimum atomic E-state index is -5.53. The number of hydrogen-bond acceptors (Lipinski definition) is 13. The average Bonchev–Trinajstić information content (AvgIpc) is 3.31. The smallest absolute Gasteiger partial charge is 0.491 e. The van der Waals surface area contributed by atoms with Gasteiger partial charge in [-0.25, -0.2) is 14.4 Å². The SMILES string of the molecule is COc1ccc2c3c1O[C@H]1C(OC(=O)[C@H](C)OC(=O)C[C@H](OC(C)=O)C(=O)OC(=O)C(F)(F)F)=CC[C@@]4(O)[C@@H](C2)N(C)CC[C@]314. The maximum atomic E-state index is 13.1. The molecule has 1 aromatic rings. The van der Waals surface area contributed by atoms with E-state index in [1.54, 1.807) is 12.1 Å². The standard InChI is InChI=1S/C29H30F3NO12/c1-13(41-20(35)12-18(42-14(2)34)25(37)45-26(38)29(30,31)32)24(36)43-17-7-8-28(39)19-11-15-5-6-16(40-4)22-21(15)27(28,23(17)44-22)9-10-33(19)3/h5-7,13,18-19,23,39H,8-12H2,1-4H3/t13-,18-,19+,23-,27-,28+/m0/s1. The molecule has 1 fully saturated rings. The first-order valence-corrected chi connectivity index (χ1v) is 13.9. The van der Waals surface area contributed by atoms with Crippen LogP contribution in [-0.2, 0) is 54.8 Å². The van der Waals surface area contributed by atoms with Gasteiger partial charge in [0.1, 0.15) is 5.76 Å². The lowest BCUT2D eigenvalue weighted by atomic mass is 9.50. The molecular weight excluding hydrogens is 611 g/mol. The maximum absolute atomic E-state index is 13.1. The number of likely N-dealkylation sites (tertiary alicyclic amines) is 1. The molecule has 16 heteroatoms. The molecule has 5 rings (SSSR count). The van der Waals surface area contributed by atoms with Crippen LogP contribution in [0.25, 0.3) is 0 Å². The van der Waals surface area contributed by atoms with E-state index >= 15 is 0 Å². The Balaban J connectivity index is 1.32. The van der Waals surface area contributed by atoms with Crippen LogP contribution < -0.4 is 9.47 Å². The molecule has 1 spiro atoms. The molecule has 0 saturated carbocycles. The fourth-order valence-electron chi connectivity index (χ4n) is 6.82. The molecule has 45 heavy (non-hydrogen) atoms. The Labute approximate surface area is 254 Å². The van der Waals surface area contributed by atoms with Crippen LogP contribution >= 0.6 is 0 Å². The molecule has 2 aliphatic carbocycles. The van der Waals surface area contributed by atoms with Crippen LogP contribution in [-0.4, -0.2) is 96.7 Å². The monoisotopic (exact) mass is 641 g/mol. The molecule has 244 valence electrons. The van der Waals surface area contributed by atoms with Crippen molar-refractivity contribution >= 4 is 29.8 Å². The average molecular weight is 642 g/mol. The number of carbonyl (C=O) groups excluding carboxylic acids is 5. The zero-order valence-electron chi connectivity index (χ0n) is 24.6. The maximum Gasteiger partial charge on any atom is 0.491 e. The number of rotatable bonds is 8. The molecule has 1 saturated heterocycles. The van der Waals surface area contributed by atoms with Gasteiger partial charge in [0, 0.05) is 24.9 Å². The van der Waals surface area contributed by atoms with E-state index in [2.05, 4.69) is 14.4 Å². The zero-order chi connectivity index (χ0) is 33.1. The first kappa shape index (κ1) is 32.2. The molecule has 0 aromatic heterocycles. The molecule has 1 N–H and O–H groups in total. The Morgan fingerprint density at radius 1 is 1.16 bits per heavy atom. The molecule has 2 bridgehead atoms. The molecule has 6 atom stereocenters. The summed E-state index contributed by atoms with van der Waals surface area (Å²) in [6, 6.07) is 3.46. The van der Waals surface area contributed by atoms with E-state index in [9.17, 15) is 42.3 Å². The van der Waals surface area contributed by atoms with Crippen molar-refractivity contribution in [2.24, 2.45) is 0 Å². The van der Waals surface area contributed by atoms with Gasteiger partial charge in [0.05, 0.1) is 24.5 Å². The number of methoxy groups -OCH3 is 1. The van der Waals surface area contributed by atoms with Gasteiger partial charge in [0.15, 0.2) is 23.7 Å². The first-order chi connectivity index (χ1) is 21.0. The van der Waals surface area contributed by atoms with Crippen LogP contribution in [0.3, 0.4) is 0 Å². The normalized spacial score (nSPS) is 27.5. The van der Waals surface area contributed by atoms with E-state index in [-0.39, 0.29) is 18.2 Å². The van der Waals surface area contributed by atoms with E-state index in [1.165, 1.54) is 7.11 Å². The number of ether oxygens (including phenoxy) is 6. The van der Waals surface area contributed by atoms with Gasteiger partial charge in [0.2, 0.25) is 6.10 Å². The summed E-state index contributed by atoms with van der Waals surface area (Å²) in [5.74, 6) is -7.46. The van der Waals surface area contributed by atoms with Gasteiger partial charge in [-0.05, 0) is 51.1 Å². The minimum absolute atomic E-state index is 0.0778. The Morgan fingerprint density at radius 2 is 1.87 bits per heavy atom. The summed E-state index contributed by atoms with van der Waals surface area (Å²) in [5, 5.41) is 12.2. The topological polar surface area (TPSA) is 164 Å². The van der Waals surface area contributed by atoms with Crippen molar-refractivity contribution in [1.82, 2.24) is 4.90 Å². The molecule has 1 aromatic carbocycles. The van der Waals surface area contributed by atoms with Crippen LogP contribution in [0.15, 0.2) is 24.0 Å². The lowest BCUT2D eigenvalue weighted by Crippen LogP contribution is -2.74. The number of alkyl halides is 3. The van der Waals surface area contributed by atoms with Crippen molar-refractivity contribution in [3.8, 4) is 11.5 Å². The van der Waals surface area contributed by atoms with Crippen LogP contribution in [0, 0.1) is 0 Å². The van der Waals surface area contributed by atoms with Crippen LogP contribution in [0.4, 0.5) is 13.2 Å². The third-order valence-electron chi connectivity index (χ3n) is 8.76. The van der Waals surface area contributed by atoms with Gasteiger partial charge in [0.25, 0.3) is 0 Å². The third kappa shape index (κ3) is 5.28. The van der Waals surface area contributed by atoms with Gasteiger partial charge in [-0.15, -0.1) is 0 Å². The van der Waals surface area contributed by atoms with E-state index in [4.69, 9.17) is 18.9 Å². The highest BCUT2D eigenvalue weighted by molar-refractivity contribution is 5.93. The van der Waals surface area contributed by atoms with E-state index in [0.29, 0.717) is 30.9 Å². The summed E-state index contributed by atoms with van der Waals surface area (Å²) in [6.45, 7) is 2.57. The Kier molecular flexibility index (Phi) is 8.10. The number of nitrogens with zero attached hydrogens (tertiary/aromatic N) is 1. The second-order valence-electron chi connectivity index (χ2n) is 11.3. The quantitative estimate of drug-likeness (QED) is 0.246. The van der Waals surface area contributed by atoms with Crippen molar-refractivity contribution in [3.63, 3.8) is 0 Å². The summed E-state index contributed by atoms with van der Waals surface area (Å²) >= 11 is 0. The van der Waals surface area contributed by atoms with Gasteiger partial charge >= 0.3 is 36.0 Å². The minimum Gasteiger partial charge on any atom is -0.493 e. The number of esters is 5.